The Morgan fingerprint density at radius 3 is 2.89 bits per heavy atom. The molecule has 1 saturated carbocycles. The topological polar surface area (TPSA) is 102 Å². The van der Waals surface area contributed by atoms with Crippen LogP contribution in [0.2, 0.25) is 0 Å². The predicted octanol–water partition coefficient (Wildman–Crippen LogP) is 3.91. The zero-order valence-electron chi connectivity index (χ0n) is 14.7. The standard InChI is InChI=1S/C19H16N4O4S/c24-18(9-8-16-5-2-10-28-16)22(14-6-7-14)12-17-20-21-19(27-17)13-3-1-4-15(11-13)23(25)26/h1-5,8-11,14H,6-7,12H2/b9-8+. The van der Waals surface area contributed by atoms with Crippen molar-refractivity contribution >= 4 is 29.0 Å². The van der Waals surface area contributed by atoms with Crippen molar-refractivity contribution < 1.29 is 14.1 Å². The number of nitro groups is 1. The number of carbonyl (C=O) groups excluding carboxylic acids is 1. The van der Waals surface area contributed by atoms with E-state index in [1.807, 2.05) is 17.5 Å². The third-order valence-electron chi connectivity index (χ3n) is 4.28. The van der Waals surface area contributed by atoms with Crippen LogP contribution in [0.5, 0.6) is 0 Å². The van der Waals surface area contributed by atoms with Crippen molar-refractivity contribution in [1.82, 2.24) is 15.1 Å². The van der Waals surface area contributed by atoms with Gasteiger partial charge in [0.15, 0.2) is 0 Å². The van der Waals surface area contributed by atoms with Crippen molar-refractivity contribution in [2.45, 2.75) is 25.4 Å². The Morgan fingerprint density at radius 1 is 1.32 bits per heavy atom. The number of non-ortho nitro benzene ring substituents is 1. The molecule has 4 rings (SSSR count). The lowest BCUT2D eigenvalue weighted by molar-refractivity contribution is -0.384. The highest BCUT2D eigenvalue weighted by molar-refractivity contribution is 7.10. The van der Waals surface area contributed by atoms with Gasteiger partial charge in [-0.05, 0) is 36.4 Å². The Hall–Kier alpha value is -3.33. The largest absolute Gasteiger partial charge is 0.419 e. The van der Waals surface area contributed by atoms with E-state index >= 15 is 0 Å². The fourth-order valence-electron chi connectivity index (χ4n) is 2.74. The summed E-state index contributed by atoms with van der Waals surface area (Å²) >= 11 is 1.56. The Balaban J connectivity index is 1.49. The van der Waals surface area contributed by atoms with Crippen molar-refractivity contribution in [3.63, 3.8) is 0 Å². The van der Waals surface area contributed by atoms with Crippen molar-refractivity contribution in [2.75, 3.05) is 0 Å². The molecule has 1 amide bonds. The monoisotopic (exact) mass is 396 g/mol. The highest BCUT2D eigenvalue weighted by Gasteiger charge is 2.32. The van der Waals surface area contributed by atoms with E-state index in [0.717, 1.165) is 17.7 Å². The van der Waals surface area contributed by atoms with Crippen LogP contribution in [0.4, 0.5) is 5.69 Å². The summed E-state index contributed by atoms with van der Waals surface area (Å²) < 4.78 is 5.65. The summed E-state index contributed by atoms with van der Waals surface area (Å²) in [5, 5.41) is 20.9. The van der Waals surface area contributed by atoms with E-state index in [1.54, 1.807) is 40.5 Å². The smallest absolute Gasteiger partial charge is 0.270 e. The maximum absolute atomic E-state index is 12.6. The van der Waals surface area contributed by atoms with E-state index in [4.69, 9.17) is 4.42 Å². The first kappa shape index (κ1) is 18.1. The second kappa shape index (κ2) is 7.73. The summed E-state index contributed by atoms with van der Waals surface area (Å²) in [6.07, 6.45) is 5.25. The van der Waals surface area contributed by atoms with Crippen LogP contribution in [0.1, 0.15) is 23.6 Å². The number of thiophene rings is 1. The average Bonchev–Trinajstić information content (AvgIpc) is 3.20. The molecule has 3 aromatic rings. The SMILES string of the molecule is O=C(/C=C/c1cccs1)N(Cc1nnc(-c2cccc([N+](=O)[O-])c2)o1)C1CC1. The maximum atomic E-state index is 12.6. The van der Waals surface area contributed by atoms with Gasteiger partial charge in [-0.2, -0.15) is 0 Å². The van der Waals surface area contributed by atoms with E-state index in [9.17, 15) is 14.9 Å². The Morgan fingerprint density at radius 2 is 2.18 bits per heavy atom. The van der Waals surface area contributed by atoms with Crippen LogP contribution < -0.4 is 0 Å². The predicted molar refractivity (Wildman–Crippen MR) is 103 cm³/mol. The lowest BCUT2D eigenvalue weighted by Gasteiger charge is -2.18. The molecule has 1 fully saturated rings. The Labute approximate surface area is 164 Å². The number of carbonyl (C=O) groups is 1. The number of nitro benzene ring substituents is 1. The van der Waals surface area contributed by atoms with Gasteiger partial charge in [-0.1, -0.05) is 12.1 Å². The van der Waals surface area contributed by atoms with Crippen LogP contribution in [0, 0.1) is 10.1 Å². The summed E-state index contributed by atoms with van der Waals surface area (Å²) in [4.78, 5) is 25.8. The van der Waals surface area contributed by atoms with Gasteiger partial charge >= 0.3 is 0 Å². The normalized spacial score (nSPS) is 13.7. The molecule has 0 spiro atoms. The zero-order valence-corrected chi connectivity index (χ0v) is 15.5. The number of hydrogen-bond acceptors (Lipinski definition) is 7. The van der Waals surface area contributed by atoms with Gasteiger partial charge in [0.1, 0.15) is 0 Å². The second-order valence-electron chi connectivity index (χ2n) is 6.35. The second-order valence-corrected chi connectivity index (χ2v) is 7.33. The lowest BCUT2D eigenvalue weighted by Crippen LogP contribution is -2.31. The van der Waals surface area contributed by atoms with E-state index in [0.29, 0.717) is 11.5 Å². The van der Waals surface area contributed by atoms with Crippen LogP contribution in [-0.4, -0.2) is 32.0 Å². The van der Waals surface area contributed by atoms with Gasteiger partial charge in [0.25, 0.3) is 5.69 Å². The first-order valence-electron chi connectivity index (χ1n) is 8.69. The van der Waals surface area contributed by atoms with Crippen LogP contribution in [0.3, 0.4) is 0 Å². The van der Waals surface area contributed by atoms with Crippen molar-refractivity contribution in [2.24, 2.45) is 0 Å². The van der Waals surface area contributed by atoms with Crippen LogP contribution in [-0.2, 0) is 11.3 Å². The van der Waals surface area contributed by atoms with Gasteiger partial charge in [-0.15, -0.1) is 21.5 Å². The molecular weight excluding hydrogens is 380 g/mol. The van der Waals surface area contributed by atoms with Gasteiger partial charge in [-0.25, -0.2) is 0 Å². The third-order valence-corrected chi connectivity index (χ3v) is 5.12. The summed E-state index contributed by atoms with van der Waals surface area (Å²) in [5.74, 6) is 0.383. The average molecular weight is 396 g/mol. The van der Waals surface area contributed by atoms with Gasteiger partial charge in [-0.3, -0.25) is 14.9 Å². The molecule has 0 N–H and O–H groups in total. The summed E-state index contributed by atoms with van der Waals surface area (Å²) in [6.45, 7) is 0.209. The number of rotatable bonds is 7. The number of aromatic nitrogens is 2. The molecule has 28 heavy (non-hydrogen) atoms. The number of benzene rings is 1. The molecule has 0 aliphatic heterocycles. The van der Waals surface area contributed by atoms with E-state index in [2.05, 4.69) is 10.2 Å². The minimum absolute atomic E-state index is 0.0502. The quantitative estimate of drug-likeness (QED) is 0.341. The molecule has 0 bridgehead atoms. The van der Waals surface area contributed by atoms with Crippen molar-refractivity contribution in [3.05, 3.63) is 68.7 Å². The minimum atomic E-state index is -0.478. The van der Waals surface area contributed by atoms with Gasteiger partial charge in [0, 0.05) is 34.7 Å². The van der Waals surface area contributed by atoms with Gasteiger partial charge in [0.2, 0.25) is 17.7 Å². The number of amides is 1. The van der Waals surface area contributed by atoms with Crippen molar-refractivity contribution in [3.8, 4) is 11.5 Å². The van der Waals surface area contributed by atoms with Gasteiger partial charge in [0.05, 0.1) is 11.5 Å². The fourth-order valence-corrected chi connectivity index (χ4v) is 3.36. The molecule has 0 atom stereocenters. The van der Waals surface area contributed by atoms with Crippen LogP contribution in [0.15, 0.2) is 52.3 Å². The number of hydrogen-bond donors (Lipinski definition) is 0. The van der Waals surface area contributed by atoms with Gasteiger partial charge < -0.3 is 9.32 Å². The molecule has 0 saturated heterocycles. The molecule has 2 heterocycles. The molecule has 142 valence electrons. The minimum Gasteiger partial charge on any atom is -0.419 e. The van der Waals surface area contributed by atoms with Crippen LogP contribution >= 0.6 is 11.3 Å². The molecular formula is C19H16N4O4S. The number of nitrogens with zero attached hydrogens (tertiary/aromatic N) is 4. The summed E-state index contributed by atoms with van der Waals surface area (Å²) in [5.41, 5.74) is 0.417. The molecule has 0 unspecified atom stereocenters. The Kier molecular flexibility index (Phi) is 4.98. The van der Waals surface area contributed by atoms with Crippen LogP contribution in [0.25, 0.3) is 17.5 Å². The molecule has 8 nitrogen and oxygen atoms in total. The lowest BCUT2D eigenvalue weighted by atomic mass is 10.2. The molecule has 1 aliphatic rings. The third kappa shape index (κ3) is 4.15. The van der Waals surface area contributed by atoms with Crippen molar-refractivity contribution in [1.29, 1.82) is 0 Å². The van der Waals surface area contributed by atoms with E-state index in [-0.39, 0.29) is 30.1 Å². The zero-order chi connectivity index (χ0) is 19.5. The molecule has 0 radical (unpaired) electrons. The highest BCUT2D eigenvalue weighted by atomic mass is 32.1. The molecule has 1 aromatic carbocycles. The maximum Gasteiger partial charge on any atom is 0.270 e. The first-order chi connectivity index (χ1) is 13.6. The summed E-state index contributed by atoms with van der Waals surface area (Å²) in [7, 11) is 0. The molecule has 9 heteroatoms. The first-order valence-corrected chi connectivity index (χ1v) is 9.57. The molecule has 2 aromatic heterocycles. The Bertz CT molecular complexity index is 1020. The molecule has 1 aliphatic carbocycles. The summed E-state index contributed by atoms with van der Waals surface area (Å²) in [6, 6.07) is 10.1. The fraction of sp³-hybridized carbons (Fsp3) is 0.211. The van der Waals surface area contributed by atoms with E-state index < -0.39 is 4.92 Å². The highest BCUT2D eigenvalue weighted by Crippen LogP contribution is 2.29. The van der Waals surface area contributed by atoms with E-state index in [1.165, 1.54) is 12.1 Å².